The highest BCUT2D eigenvalue weighted by Crippen LogP contribution is 2.37. The summed E-state index contributed by atoms with van der Waals surface area (Å²) in [5, 5.41) is 23.5. The van der Waals surface area contributed by atoms with E-state index < -0.39 is 24.2 Å². The molecule has 0 saturated carbocycles. The van der Waals surface area contributed by atoms with Gasteiger partial charge in [-0.25, -0.2) is 0 Å². The van der Waals surface area contributed by atoms with Crippen LogP contribution in [0.15, 0.2) is 23.8 Å². The highest BCUT2D eigenvalue weighted by Gasteiger charge is 2.43. The second-order valence-corrected chi connectivity index (χ2v) is 11.0. The molecule has 2 amide bonds. The van der Waals surface area contributed by atoms with Gasteiger partial charge in [-0.1, -0.05) is 0 Å². The summed E-state index contributed by atoms with van der Waals surface area (Å²) < 4.78 is 23.6. The molecule has 1 aliphatic carbocycles. The minimum Gasteiger partial charge on any atom is -0.493 e. The highest BCUT2D eigenvalue weighted by atomic mass is 127. The lowest BCUT2D eigenvalue weighted by Crippen LogP contribution is -2.57. The molecule has 3 N–H and O–H groups in total. The summed E-state index contributed by atoms with van der Waals surface area (Å²) in [5.41, 5.74) is 0.729. The molecule has 11 nitrogen and oxygen atoms in total. The van der Waals surface area contributed by atoms with Gasteiger partial charge >= 0.3 is 0 Å². The zero-order valence-corrected chi connectivity index (χ0v) is 24.0. The van der Waals surface area contributed by atoms with Gasteiger partial charge in [0.15, 0.2) is 11.5 Å². The van der Waals surface area contributed by atoms with E-state index in [4.69, 9.17) is 18.9 Å². The summed E-state index contributed by atoms with van der Waals surface area (Å²) in [6.07, 6.45) is 2.26. The number of hydrogen-bond acceptors (Lipinski definition) is 9. The van der Waals surface area contributed by atoms with Crippen molar-refractivity contribution in [3.63, 3.8) is 0 Å². The Morgan fingerprint density at radius 3 is 2.74 bits per heavy atom. The van der Waals surface area contributed by atoms with Crippen molar-refractivity contribution in [1.82, 2.24) is 10.2 Å². The minimum absolute atomic E-state index is 0.0613. The zero-order valence-electron chi connectivity index (χ0n) is 21.8. The van der Waals surface area contributed by atoms with Crippen molar-refractivity contribution in [3.8, 4) is 11.5 Å². The molecule has 39 heavy (non-hydrogen) atoms. The number of nitrogens with zero attached hydrogens (tertiary/aromatic N) is 1. The number of nitrogens with one attached hydrogen (secondary N) is 1. The number of carbonyl (C=O) groups excluding carboxylic acids is 3. The predicted molar refractivity (Wildman–Crippen MR) is 148 cm³/mol. The van der Waals surface area contributed by atoms with Crippen molar-refractivity contribution in [3.05, 3.63) is 32.9 Å². The average Bonchev–Trinajstić information content (AvgIpc) is 3.67. The molecule has 12 heteroatoms. The van der Waals surface area contributed by atoms with Gasteiger partial charge in [-0.2, -0.15) is 0 Å². The van der Waals surface area contributed by atoms with E-state index in [0.29, 0.717) is 58.7 Å². The van der Waals surface area contributed by atoms with Crippen molar-refractivity contribution >= 4 is 40.7 Å². The first-order chi connectivity index (χ1) is 18.9. The Balaban J connectivity index is 1.69. The Labute approximate surface area is 240 Å². The molecule has 1 aromatic carbocycles. The Bertz CT molecular complexity index is 1070. The Morgan fingerprint density at radius 1 is 1.28 bits per heavy atom. The van der Waals surface area contributed by atoms with E-state index in [0.717, 1.165) is 12.8 Å². The van der Waals surface area contributed by atoms with Crippen LogP contribution in [0.25, 0.3) is 0 Å². The van der Waals surface area contributed by atoms with Crippen molar-refractivity contribution < 1.29 is 43.5 Å². The van der Waals surface area contributed by atoms with Crippen LogP contribution in [0.5, 0.6) is 11.5 Å². The Hall–Kier alpha value is -2.26. The maximum Gasteiger partial charge on any atom is 0.247 e. The molecule has 2 aliphatic heterocycles. The number of halogens is 1. The molecule has 0 aromatic heterocycles. The third-order valence-electron chi connectivity index (χ3n) is 7.24. The van der Waals surface area contributed by atoms with Gasteiger partial charge in [0.2, 0.25) is 11.8 Å². The molecule has 1 unspecified atom stereocenters. The van der Waals surface area contributed by atoms with Gasteiger partial charge in [-0.3, -0.25) is 14.4 Å². The van der Waals surface area contributed by atoms with Crippen LogP contribution in [0, 0.1) is 9.49 Å². The van der Waals surface area contributed by atoms with E-state index in [-0.39, 0.29) is 44.0 Å². The van der Waals surface area contributed by atoms with Crippen molar-refractivity contribution in [2.75, 3.05) is 46.6 Å². The first kappa shape index (κ1) is 29.7. The number of benzene rings is 1. The molecule has 3 aliphatic rings. The summed E-state index contributed by atoms with van der Waals surface area (Å²) in [6, 6.07) is 2.39. The summed E-state index contributed by atoms with van der Waals surface area (Å²) in [6.45, 7) is 1.53. The maximum absolute atomic E-state index is 13.7. The smallest absolute Gasteiger partial charge is 0.247 e. The molecule has 0 bridgehead atoms. The lowest BCUT2D eigenvalue weighted by atomic mass is 9.87. The third-order valence-corrected chi connectivity index (χ3v) is 8.04. The topological polar surface area (TPSA) is 144 Å². The fourth-order valence-corrected chi connectivity index (χ4v) is 5.95. The van der Waals surface area contributed by atoms with Crippen molar-refractivity contribution in [2.45, 2.75) is 50.0 Å². The van der Waals surface area contributed by atoms with Gasteiger partial charge in [0.1, 0.15) is 18.5 Å². The zero-order chi connectivity index (χ0) is 27.9. The molecule has 0 radical (unpaired) electrons. The van der Waals surface area contributed by atoms with Crippen LogP contribution in [0.2, 0.25) is 0 Å². The molecule has 2 fully saturated rings. The van der Waals surface area contributed by atoms with Crippen LogP contribution in [0.1, 0.15) is 36.0 Å². The van der Waals surface area contributed by atoms with Gasteiger partial charge in [-0.15, -0.1) is 0 Å². The quantitative estimate of drug-likeness (QED) is 0.235. The normalized spacial score (nSPS) is 26.6. The number of ether oxygens (including phenoxy) is 4. The minimum atomic E-state index is -1.18. The number of hydrogen-bond donors (Lipinski definition) is 3. The van der Waals surface area contributed by atoms with Gasteiger partial charge in [0.25, 0.3) is 0 Å². The van der Waals surface area contributed by atoms with Gasteiger partial charge in [0, 0.05) is 43.9 Å². The molecular formula is C27H35IN2O9. The van der Waals surface area contributed by atoms with Gasteiger partial charge in [0.05, 0.1) is 42.0 Å². The first-order valence-corrected chi connectivity index (χ1v) is 14.2. The van der Waals surface area contributed by atoms with Crippen molar-refractivity contribution in [2.24, 2.45) is 5.92 Å². The number of aliphatic hydroxyl groups excluding tert-OH is 2. The molecule has 214 valence electrons. The average molecular weight is 658 g/mol. The largest absolute Gasteiger partial charge is 0.493 e. The molecular weight excluding hydrogens is 623 g/mol. The molecule has 1 aromatic rings. The number of amides is 2. The lowest BCUT2D eigenvalue weighted by Gasteiger charge is -2.42. The number of methoxy groups -OCH3 is 1. The van der Waals surface area contributed by atoms with E-state index in [1.54, 1.807) is 17.0 Å². The fraction of sp³-hybridized carbons (Fsp3) is 0.593. The lowest BCUT2D eigenvalue weighted by molar-refractivity contribution is -0.145. The Kier molecular flexibility index (Phi) is 10.6. The SMILES string of the molecule is COc1cc(C=O)cc(I)c1O[C@H]1C=C(C(=O)NCCO)C[C@@H](N(C[C@H]2CCCO2)C(=O)C2CCOC2)[C@@H]1O. The molecule has 2 saturated heterocycles. The van der Waals surface area contributed by atoms with Crippen LogP contribution < -0.4 is 14.8 Å². The molecule has 4 rings (SSSR count). The van der Waals surface area contributed by atoms with Crippen LogP contribution >= 0.6 is 22.6 Å². The molecule has 5 atom stereocenters. The van der Waals surface area contributed by atoms with Gasteiger partial charge < -0.3 is 39.4 Å². The number of aliphatic hydroxyl groups is 2. The monoisotopic (exact) mass is 658 g/mol. The fourth-order valence-electron chi connectivity index (χ4n) is 5.20. The Morgan fingerprint density at radius 2 is 2.10 bits per heavy atom. The summed E-state index contributed by atoms with van der Waals surface area (Å²) in [5.74, 6) is -0.298. The van der Waals surface area contributed by atoms with Crippen LogP contribution in [-0.4, -0.2) is 104 Å². The highest BCUT2D eigenvalue weighted by molar-refractivity contribution is 14.1. The summed E-state index contributed by atoms with van der Waals surface area (Å²) >= 11 is 2.02. The van der Waals surface area contributed by atoms with Crippen LogP contribution in [0.3, 0.4) is 0 Å². The second-order valence-electron chi connectivity index (χ2n) is 9.85. The second kappa shape index (κ2) is 13.9. The number of carbonyl (C=O) groups is 3. The standard InChI is InChI=1S/C27H35IN2O9/c1-36-23-10-16(14-32)9-20(28)25(23)39-22-12-18(26(34)29-5-6-31)11-21(24(22)33)30(13-19-3-2-7-38-19)27(35)17-4-8-37-15-17/h9-10,12,14,17,19,21-22,24,31,33H,2-8,11,13,15H2,1H3,(H,29,34)/t17?,19-,21-,22+,24+/m1/s1. The number of rotatable bonds is 11. The van der Waals surface area contributed by atoms with E-state index in [2.05, 4.69) is 5.32 Å². The van der Waals surface area contributed by atoms with E-state index in [1.807, 2.05) is 22.6 Å². The van der Waals surface area contributed by atoms with Crippen LogP contribution in [0.4, 0.5) is 0 Å². The number of aldehydes is 1. The molecule has 0 spiro atoms. The van der Waals surface area contributed by atoms with E-state index in [1.165, 1.54) is 13.2 Å². The van der Waals surface area contributed by atoms with E-state index >= 15 is 0 Å². The predicted octanol–water partition coefficient (Wildman–Crippen LogP) is 1.07. The first-order valence-electron chi connectivity index (χ1n) is 13.1. The summed E-state index contributed by atoms with van der Waals surface area (Å²) in [4.78, 5) is 39.8. The third kappa shape index (κ3) is 7.09. The summed E-state index contributed by atoms with van der Waals surface area (Å²) in [7, 11) is 1.45. The van der Waals surface area contributed by atoms with Gasteiger partial charge in [-0.05, 0) is 60.1 Å². The van der Waals surface area contributed by atoms with E-state index in [9.17, 15) is 24.6 Å². The molecule has 2 heterocycles. The van der Waals surface area contributed by atoms with Crippen LogP contribution in [-0.2, 0) is 19.1 Å². The maximum atomic E-state index is 13.7. The van der Waals surface area contributed by atoms with Crippen molar-refractivity contribution in [1.29, 1.82) is 0 Å².